The summed E-state index contributed by atoms with van der Waals surface area (Å²) in [7, 11) is 0. The molecule has 108 valence electrons. The maximum atomic E-state index is 5.66. The predicted octanol–water partition coefficient (Wildman–Crippen LogP) is 1.46. The molecule has 0 spiro atoms. The lowest BCUT2D eigenvalue weighted by Gasteiger charge is -2.20. The quantitative estimate of drug-likeness (QED) is 0.916. The number of fused-ring (bicyclic) bond motifs is 1. The number of hydrogen-bond acceptors (Lipinski definition) is 4. The van der Waals surface area contributed by atoms with E-state index in [-0.39, 0.29) is 0 Å². The van der Waals surface area contributed by atoms with Crippen molar-refractivity contribution in [3.8, 4) is 0 Å². The lowest BCUT2D eigenvalue weighted by Crippen LogP contribution is -2.28. The fourth-order valence-electron chi connectivity index (χ4n) is 3.01. The first-order chi connectivity index (χ1) is 9.67. The van der Waals surface area contributed by atoms with Gasteiger partial charge < -0.3 is 10.6 Å². The minimum atomic E-state index is 0.546. The van der Waals surface area contributed by atoms with Gasteiger partial charge in [0, 0.05) is 31.7 Å². The number of rotatable bonds is 4. The summed E-state index contributed by atoms with van der Waals surface area (Å²) in [6, 6.07) is 4.71. The Bertz CT molecular complexity index is 589. The van der Waals surface area contributed by atoms with Gasteiger partial charge in [-0.25, -0.2) is 0 Å². The van der Waals surface area contributed by atoms with Crippen LogP contribution in [0.15, 0.2) is 18.3 Å². The molecule has 0 bridgehead atoms. The molecule has 5 nitrogen and oxygen atoms in total. The Hall–Kier alpha value is -1.46. The Morgan fingerprint density at radius 1 is 1.40 bits per heavy atom. The van der Waals surface area contributed by atoms with Gasteiger partial charge in [-0.1, -0.05) is 0 Å². The molecule has 1 aliphatic rings. The van der Waals surface area contributed by atoms with Crippen molar-refractivity contribution in [2.45, 2.75) is 39.3 Å². The monoisotopic (exact) mass is 273 g/mol. The average molecular weight is 273 g/mol. The van der Waals surface area contributed by atoms with Crippen LogP contribution in [0.3, 0.4) is 0 Å². The van der Waals surface area contributed by atoms with E-state index in [2.05, 4.69) is 39.4 Å². The summed E-state index contributed by atoms with van der Waals surface area (Å²) < 4.78 is 2.09. The highest BCUT2D eigenvalue weighted by Gasteiger charge is 2.25. The first kappa shape index (κ1) is 13.5. The molecule has 0 aliphatic carbocycles. The SMILES string of the molecule is CC(C)N1CCC(Cc2nnc3cc(CN)ccn23)C1. The van der Waals surface area contributed by atoms with Crippen molar-refractivity contribution in [2.24, 2.45) is 11.7 Å². The minimum absolute atomic E-state index is 0.546. The van der Waals surface area contributed by atoms with E-state index >= 15 is 0 Å². The van der Waals surface area contributed by atoms with Gasteiger partial charge >= 0.3 is 0 Å². The largest absolute Gasteiger partial charge is 0.326 e. The van der Waals surface area contributed by atoms with Crippen LogP contribution in [0.2, 0.25) is 0 Å². The molecule has 3 rings (SSSR count). The Balaban J connectivity index is 1.75. The number of likely N-dealkylation sites (tertiary alicyclic amines) is 1. The van der Waals surface area contributed by atoms with Crippen LogP contribution in [0.5, 0.6) is 0 Å². The molecule has 1 saturated heterocycles. The fourth-order valence-corrected chi connectivity index (χ4v) is 3.01. The molecule has 2 aromatic rings. The molecule has 20 heavy (non-hydrogen) atoms. The van der Waals surface area contributed by atoms with Gasteiger partial charge in [0.2, 0.25) is 0 Å². The van der Waals surface area contributed by atoms with Gasteiger partial charge in [-0.15, -0.1) is 10.2 Å². The number of pyridine rings is 1. The van der Waals surface area contributed by atoms with E-state index in [1.807, 2.05) is 12.3 Å². The molecular formula is C15H23N5. The van der Waals surface area contributed by atoms with E-state index in [0.717, 1.165) is 23.5 Å². The van der Waals surface area contributed by atoms with Crippen LogP contribution < -0.4 is 5.73 Å². The third kappa shape index (κ3) is 2.55. The summed E-state index contributed by atoms with van der Waals surface area (Å²) >= 11 is 0. The van der Waals surface area contributed by atoms with Crippen LogP contribution in [0.4, 0.5) is 0 Å². The van der Waals surface area contributed by atoms with Crippen molar-refractivity contribution in [2.75, 3.05) is 13.1 Å². The van der Waals surface area contributed by atoms with Crippen molar-refractivity contribution in [1.29, 1.82) is 0 Å². The molecular weight excluding hydrogens is 250 g/mol. The highest BCUT2D eigenvalue weighted by Crippen LogP contribution is 2.22. The van der Waals surface area contributed by atoms with E-state index in [1.54, 1.807) is 0 Å². The second-order valence-corrected chi connectivity index (χ2v) is 6.03. The predicted molar refractivity (Wildman–Crippen MR) is 79.4 cm³/mol. The molecule has 3 heterocycles. The lowest BCUT2D eigenvalue weighted by molar-refractivity contribution is 0.264. The molecule has 0 aromatic carbocycles. The second kappa shape index (κ2) is 5.50. The summed E-state index contributed by atoms with van der Waals surface area (Å²) in [5, 5.41) is 8.62. The van der Waals surface area contributed by atoms with Crippen LogP contribution >= 0.6 is 0 Å². The first-order valence-electron chi connectivity index (χ1n) is 7.44. The summed E-state index contributed by atoms with van der Waals surface area (Å²) in [5.74, 6) is 1.76. The Kier molecular flexibility index (Phi) is 3.72. The zero-order valence-corrected chi connectivity index (χ0v) is 12.3. The summed E-state index contributed by atoms with van der Waals surface area (Å²) in [6.45, 7) is 7.46. The van der Waals surface area contributed by atoms with Gasteiger partial charge in [-0.05, 0) is 50.4 Å². The topological polar surface area (TPSA) is 59.5 Å². The van der Waals surface area contributed by atoms with E-state index < -0.39 is 0 Å². The summed E-state index contributed by atoms with van der Waals surface area (Å²) in [5.41, 5.74) is 7.66. The normalized spacial score (nSPS) is 20.3. The zero-order chi connectivity index (χ0) is 14.1. The average Bonchev–Trinajstić information content (AvgIpc) is 3.06. The first-order valence-corrected chi connectivity index (χ1v) is 7.44. The third-order valence-corrected chi connectivity index (χ3v) is 4.30. The number of nitrogens with two attached hydrogens (primary N) is 1. The fraction of sp³-hybridized carbons (Fsp3) is 0.600. The van der Waals surface area contributed by atoms with E-state index in [9.17, 15) is 0 Å². The maximum absolute atomic E-state index is 5.66. The molecule has 1 fully saturated rings. The Morgan fingerprint density at radius 3 is 2.95 bits per heavy atom. The Labute approximate surface area is 119 Å². The third-order valence-electron chi connectivity index (χ3n) is 4.30. The smallest absolute Gasteiger partial charge is 0.161 e. The van der Waals surface area contributed by atoms with Crippen LogP contribution in [-0.2, 0) is 13.0 Å². The number of aromatic nitrogens is 3. The highest BCUT2D eigenvalue weighted by molar-refractivity contribution is 5.41. The maximum Gasteiger partial charge on any atom is 0.161 e. The van der Waals surface area contributed by atoms with E-state index in [1.165, 1.54) is 19.5 Å². The van der Waals surface area contributed by atoms with Gasteiger partial charge in [0.1, 0.15) is 5.82 Å². The van der Waals surface area contributed by atoms with Crippen LogP contribution in [-0.4, -0.2) is 38.6 Å². The van der Waals surface area contributed by atoms with Crippen molar-refractivity contribution >= 4 is 5.65 Å². The lowest BCUT2D eigenvalue weighted by atomic mass is 10.0. The van der Waals surface area contributed by atoms with Crippen molar-refractivity contribution in [3.05, 3.63) is 29.7 Å². The van der Waals surface area contributed by atoms with E-state index in [4.69, 9.17) is 5.73 Å². The Morgan fingerprint density at radius 2 is 2.25 bits per heavy atom. The zero-order valence-electron chi connectivity index (χ0n) is 12.3. The highest BCUT2D eigenvalue weighted by atomic mass is 15.2. The molecule has 0 radical (unpaired) electrons. The van der Waals surface area contributed by atoms with Crippen LogP contribution in [0.1, 0.15) is 31.7 Å². The number of nitrogens with zero attached hydrogens (tertiary/aromatic N) is 4. The van der Waals surface area contributed by atoms with Crippen LogP contribution in [0, 0.1) is 5.92 Å². The van der Waals surface area contributed by atoms with Gasteiger partial charge in [0.25, 0.3) is 0 Å². The molecule has 1 unspecified atom stereocenters. The van der Waals surface area contributed by atoms with Gasteiger partial charge in [-0.3, -0.25) is 4.40 Å². The molecule has 2 N–H and O–H groups in total. The molecule has 0 saturated carbocycles. The van der Waals surface area contributed by atoms with E-state index in [0.29, 0.717) is 18.5 Å². The molecule has 0 amide bonds. The molecule has 5 heteroatoms. The molecule has 1 aliphatic heterocycles. The van der Waals surface area contributed by atoms with Crippen molar-refractivity contribution in [1.82, 2.24) is 19.5 Å². The van der Waals surface area contributed by atoms with Crippen molar-refractivity contribution < 1.29 is 0 Å². The minimum Gasteiger partial charge on any atom is -0.326 e. The molecule has 1 atom stereocenters. The summed E-state index contributed by atoms with van der Waals surface area (Å²) in [4.78, 5) is 2.54. The second-order valence-electron chi connectivity index (χ2n) is 6.03. The van der Waals surface area contributed by atoms with Crippen LogP contribution in [0.25, 0.3) is 5.65 Å². The van der Waals surface area contributed by atoms with Gasteiger partial charge in [-0.2, -0.15) is 0 Å². The van der Waals surface area contributed by atoms with Gasteiger partial charge in [0.05, 0.1) is 0 Å². The van der Waals surface area contributed by atoms with Crippen molar-refractivity contribution in [3.63, 3.8) is 0 Å². The number of hydrogen-bond donors (Lipinski definition) is 1. The van der Waals surface area contributed by atoms with Gasteiger partial charge in [0.15, 0.2) is 5.65 Å². The summed E-state index contributed by atoms with van der Waals surface area (Å²) in [6.07, 6.45) is 4.31. The molecule has 2 aromatic heterocycles. The standard InChI is InChI=1S/C15H23N5/c1-11(2)19-5-3-13(10-19)8-15-18-17-14-7-12(9-16)4-6-20(14)15/h4,6-7,11,13H,3,5,8-10,16H2,1-2H3.